The Morgan fingerprint density at radius 2 is 1.62 bits per heavy atom. The van der Waals surface area contributed by atoms with Gasteiger partial charge in [-0.25, -0.2) is 8.42 Å². The Bertz CT molecular complexity index is 729. The molecule has 21 heavy (non-hydrogen) atoms. The van der Waals surface area contributed by atoms with Crippen LogP contribution in [0.4, 0.5) is 0 Å². The van der Waals surface area contributed by atoms with Gasteiger partial charge in [-0.05, 0) is 42.3 Å². The average Bonchev–Trinajstić information content (AvgIpc) is 3.24. The Hall–Kier alpha value is -1.36. The molecule has 2 N–H and O–H groups in total. The third-order valence-corrected chi connectivity index (χ3v) is 6.59. The zero-order valence-electron chi connectivity index (χ0n) is 11.3. The van der Waals surface area contributed by atoms with Gasteiger partial charge in [0.1, 0.15) is 0 Å². The minimum absolute atomic E-state index is 0.0311. The SMILES string of the molecule is NC[C@H]1[C@H](c2ccc(Cl)cc2)[C@@H]1S(=O)(=O)c1ccccc1. The summed E-state index contributed by atoms with van der Waals surface area (Å²) in [6, 6.07) is 15.9. The summed E-state index contributed by atoms with van der Waals surface area (Å²) in [6.45, 7) is 0.365. The highest BCUT2D eigenvalue weighted by atomic mass is 35.5. The van der Waals surface area contributed by atoms with Gasteiger partial charge in [0.05, 0.1) is 10.1 Å². The van der Waals surface area contributed by atoms with E-state index >= 15 is 0 Å². The molecule has 0 bridgehead atoms. The van der Waals surface area contributed by atoms with Crippen molar-refractivity contribution in [2.45, 2.75) is 16.1 Å². The van der Waals surface area contributed by atoms with E-state index in [1.807, 2.05) is 18.2 Å². The molecule has 0 amide bonds. The predicted octanol–water partition coefficient (Wildman–Crippen LogP) is 2.85. The van der Waals surface area contributed by atoms with Crippen LogP contribution in [-0.4, -0.2) is 20.2 Å². The van der Waals surface area contributed by atoms with Gasteiger partial charge in [-0.3, -0.25) is 0 Å². The monoisotopic (exact) mass is 321 g/mol. The van der Waals surface area contributed by atoms with E-state index in [1.54, 1.807) is 36.4 Å². The Kier molecular flexibility index (Phi) is 3.78. The van der Waals surface area contributed by atoms with Gasteiger partial charge >= 0.3 is 0 Å². The quantitative estimate of drug-likeness (QED) is 0.942. The van der Waals surface area contributed by atoms with E-state index in [0.717, 1.165) is 5.56 Å². The van der Waals surface area contributed by atoms with E-state index in [0.29, 0.717) is 16.5 Å². The van der Waals surface area contributed by atoms with Crippen molar-refractivity contribution in [1.82, 2.24) is 0 Å². The summed E-state index contributed by atoms with van der Waals surface area (Å²) in [4.78, 5) is 0.366. The smallest absolute Gasteiger partial charge is 0.182 e. The van der Waals surface area contributed by atoms with Gasteiger partial charge in [-0.1, -0.05) is 41.9 Å². The summed E-state index contributed by atoms with van der Waals surface area (Å²) in [5.41, 5.74) is 6.75. The zero-order valence-corrected chi connectivity index (χ0v) is 12.9. The first-order chi connectivity index (χ1) is 10.1. The lowest BCUT2D eigenvalue weighted by Gasteiger charge is -2.04. The molecule has 1 aliphatic rings. The van der Waals surface area contributed by atoms with Gasteiger partial charge in [-0.15, -0.1) is 0 Å². The molecule has 0 saturated heterocycles. The summed E-state index contributed by atoms with van der Waals surface area (Å²) < 4.78 is 25.5. The molecule has 0 unspecified atom stereocenters. The molecule has 0 heterocycles. The summed E-state index contributed by atoms with van der Waals surface area (Å²) in [5, 5.41) is 0.206. The maximum atomic E-state index is 12.7. The van der Waals surface area contributed by atoms with E-state index in [4.69, 9.17) is 17.3 Å². The molecule has 0 spiro atoms. The van der Waals surface area contributed by atoms with E-state index in [2.05, 4.69) is 0 Å². The van der Waals surface area contributed by atoms with Gasteiger partial charge in [-0.2, -0.15) is 0 Å². The molecule has 1 fully saturated rings. The van der Waals surface area contributed by atoms with Crippen molar-refractivity contribution >= 4 is 21.4 Å². The van der Waals surface area contributed by atoms with E-state index in [1.165, 1.54) is 0 Å². The average molecular weight is 322 g/mol. The molecule has 3 atom stereocenters. The van der Waals surface area contributed by atoms with Crippen LogP contribution in [0.1, 0.15) is 11.5 Å². The van der Waals surface area contributed by atoms with Crippen molar-refractivity contribution < 1.29 is 8.42 Å². The molecule has 0 aromatic heterocycles. The Balaban J connectivity index is 1.94. The number of hydrogen-bond acceptors (Lipinski definition) is 3. The fourth-order valence-corrected chi connectivity index (χ4v) is 5.31. The lowest BCUT2D eigenvalue weighted by Crippen LogP contribution is -2.13. The van der Waals surface area contributed by atoms with Crippen LogP contribution in [0.3, 0.4) is 0 Å². The number of rotatable bonds is 4. The molecule has 110 valence electrons. The molecule has 3 nitrogen and oxygen atoms in total. The van der Waals surface area contributed by atoms with Crippen LogP contribution < -0.4 is 5.73 Å². The lowest BCUT2D eigenvalue weighted by molar-refractivity contribution is 0.591. The zero-order chi connectivity index (χ0) is 15.0. The molecule has 2 aromatic rings. The fraction of sp³-hybridized carbons (Fsp3) is 0.250. The largest absolute Gasteiger partial charge is 0.330 e. The van der Waals surface area contributed by atoms with Crippen LogP contribution in [0.25, 0.3) is 0 Å². The number of nitrogens with two attached hydrogens (primary N) is 1. The summed E-state index contributed by atoms with van der Waals surface area (Å²) in [5.74, 6) is -0.0751. The number of halogens is 1. The van der Waals surface area contributed by atoms with Crippen molar-refractivity contribution in [1.29, 1.82) is 0 Å². The highest BCUT2D eigenvalue weighted by molar-refractivity contribution is 7.92. The highest BCUT2D eigenvalue weighted by Crippen LogP contribution is 2.53. The molecular weight excluding hydrogens is 306 g/mol. The van der Waals surface area contributed by atoms with Crippen LogP contribution >= 0.6 is 11.6 Å². The molecular formula is C16H16ClNO2S. The Morgan fingerprint density at radius 3 is 2.19 bits per heavy atom. The highest BCUT2D eigenvalue weighted by Gasteiger charge is 2.57. The molecule has 2 aromatic carbocycles. The van der Waals surface area contributed by atoms with Crippen molar-refractivity contribution in [2.75, 3.05) is 6.54 Å². The van der Waals surface area contributed by atoms with E-state index in [-0.39, 0.29) is 11.8 Å². The van der Waals surface area contributed by atoms with E-state index in [9.17, 15) is 8.42 Å². The first-order valence-corrected chi connectivity index (χ1v) is 8.72. The summed E-state index contributed by atoms with van der Waals surface area (Å²) in [6.07, 6.45) is 0. The third kappa shape index (κ3) is 2.59. The maximum Gasteiger partial charge on any atom is 0.182 e. The summed E-state index contributed by atoms with van der Waals surface area (Å²) >= 11 is 5.89. The van der Waals surface area contributed by atoms with Crippen LogP contribution in [0.15, 0.2) is 59.5 Å². The van der Waals surface area contributed by atoms with Gasteiger partial charge < -0.3 is 5.73 Å². The minimum Gasteiger partial charge on any atom is -0.330 e. The predicted molar refractivity (Wildman–Crippen MR) is 84.2 cm³/mol. The normalized spacial score (nSPS) is 24.8. The van der Waals surface area contributed by atoms with Crippen LogP contribution in [-0.2, 0) is 9.84 Å². The molecule has 1 saturated carbocycles. The van der Waals surface area contributed by atoms with Gasteiger partial charge in [0, 0.05) is 10.9 Å². The van der Waals surface area contributed by atoms with Crippen LogP contribution in [0.2, 0.25) is 5.02 Å². The van der Waals surface area contributed by atoms with Crippen molar-refractivity contribution in [3.05, 3.63) is 65.2 Å². The maximum absolute atomic E-state index is 12.7. The van der Waals surface area contributed by atoms with Crippen LogP contribution in [0.5, 0.6) is 0 Å². The standard InChI is InChI=1S/C16H16ClNO2S/c17-12-8-6-11(7-9-12)15-14(10-18)16(15)21(19,20)13-4-2-1-3-5-13/h1-9,14-16H,10,18H2/t14-,15-,16+/m0/s1. The second-order valence-corrected chi connectivity index (χ2v) is 7.84. The topological polar surface area (TPSA) is 60.2 Å². The van der Waals surface area contributed by atoms with Crippen molar-refractivity contribution in [2.24, 2.45) is 11.7 Å². The molecule has 0 aliphatic heterocycles. The second-order valence-electron chi connectivity index (χ2n) is 5.30. The minimum atomic E-state index is -3.35. The first-order valence-electron chi connectivity index (χ1n) is 6.80. The molecule has 5 heteroatoms. The molecule has 1 aliphatic carbocycles. The van der Waals surface area contributed by atoms with Crippen molar-refractivity contribution in [3.63, 3.8) is 0 Å². The van der Waals surface area contributed by atoms with Crippen molar-refractivity contribution in [3.8, 4) is 0 Å². The summed E-state index contributed by atoms with van der Waals surface area (Å²) in [7, 11) is -3.35. The number of benzene rings is 2. The Morgan fingerprint density at radius 1 is 1.00 bits per heavy atom. The van der Waals surface area contributed by atoms with Gasteiger partial charge in [0.25, 0.3) is 0 Å². The Labute approximate surface area is 129 Å². The second kappa shape index (κ2) is 5.44. The van der Waals surface area contributed by atoms with Gasteiger partial charge in [0.15, 0.2) is 9.84 Å². The van der Waals surface area contributed by atoms with Crippen LogP contribution in [0, 0.1) is 5.92 Å². The lowest BCUT2D eigenvalue weighted by atomic mass is 10.1. The fourth-order valence-electron chi connectivity index (χ4n) is 2.94. The first kappa shape index (κ1) is 14.6. The molecule has 3 rings (SSSR count). The molecule has 0 radical (unpaired) electrons. The van der Waals surface area contributed by atoms with E-state index < -0.39 is 15.1 Å². The third-order valence-electron chi connectivity index (χ3n) is 4.05. The van der Waals surface area contributed by atoms with Gasteiger partial charge in [0.2, 0.25) is 0 Å². The number of sulfone groups is 1. The number of hydrogen-bond donors (Lipinski definition) is 1.